The minimum absolute atomic E-state index is 0.872. The van der Waals surface area contributed by atoms with Gasteiger partial charge in [0.1, 0.15) is 17.5 Å². The summed E-state index contributed by atoms with van der Waals surface area (Å²) >= 11 is 0. The molecule has 2 aliphatic carbocycles. The number of aromatic nitrogens is 2. The molecule has 1 heterocycles. The van der Waals surface area contributed by atoms with Gasteiger partial charge in [0.15, 0.2) is 0 Å². The average molecular weight is 288 g/mol. The lowest BCUT2D eigenvalue weighted by molar-refractivity contribution is 0.337. The van der Waals surface area contributed by atoms with Crippen LogP contribution in [0.2, 0.25) is 0 Å². The Morgan fingerprint density at radius 2 is 2.14 bits per heavy atom. The van der Waals surface area contributed by atoms with Crippen molar-refractivity contribution in [3.63, 3.8) is 0 Å². The van der Waals surface area contributed by atoms with Crippen LogP contribution in [0.15, 0.2) is 6.07 Å². The van der Waals surface area contributed by atoms with Gasteiger partial charge in [0.05, 0.1) is 0 Å². The maximum absolute atomic E-state index is 4.75. The molecule has 2 fully saturated rings. The number of fused-ring (bicyclic) bond motifs is 2. The monoisotopic (exact) mass is 288 g/mol. The SMILES string of the molecule is CCCc1nc(NC)cc(N(C)CC2CC3CCC2C3)n1. The van der Waals surface area contributed by atoms with Gasteiger partial charge in [-0.2, -0.15) is 0 Å². The van der Waals surface area contributed by atoms with Crippen LogP contribution < -0.4 is 10.2 Å². The van der Waals surface area contributed by atoms with Gasteiger partial charge in [0, 0.05) is 33.1 Å². The third-order valence-corrected chi connectivity index (χ3v) is 5.27. The van der Waals surface area contributed by atoms with E-state index in [1.807, 2.05) is 7.05 Å². The molecule has 1 aromatic rings. The highest BCUT2D eigenvalue weighted by molar-refractivity contribution is 5.48. The number of nitrogens with one attached hydrogen (secondary N) is 1. The van der Waals surface area contributed by atoms with E-state index < -0.39 is 0 Å². The van der Waals surface area contributed by atoms with E-state index in [-0.39, 0.29) is 0 Å². The summed E-state index contributed by atoms with van der Waals surface area (Å²) in [6, 6.07) is 2.08. The number of anilines is 2. The Balaban J connectivity index is 1.71. The summed E-state index contributed by atoms with van der Waals surface area (Å²) < 4.78 is 0. The fourth-order valence-electron chi connectivity index (χ4n) is 4.19. The largest absolute Gasteiger partial charge is 0.373 e. The maximum atomic E-state index is 4.75. The summed E-state index contributed by atoms with van der Waals surface area (Å²) in [4.78, 5) is 11.6. The summed E-state index contributed by atoms with van der Waals surface area (Å²) in [5, 5.41) is 3.16. The molecule has 2 saturated carbocycles. The fourth-order valence-corrected chi connectivity index (χ4v) is 4.19. The molecule has 0 saturated heterocycles. The number of hydrogen-bond donors (Lipinski definition) is 1. The zero-order chi connectivity index (χ0) is 14.8. The highest BCUT2D eigenvalue weighted by Crippen LogP contribution is 2.48. The van der Waals surface area contributed by atoms with Gasteiger partial charge in [-0.05, 0) is 43.4 Å². The van der Waals surface area contributed by atoms with E-state index in [0.29, 0.717) is 0 Å². The molecule has 0 spiro atoms. The van der Waals surface area contributed by atoms with Gasteiger partial charge in [-0.3, -0.25) is 0 Å². The van der Waals surface area contributed by atoms with Gasteiger partial charge >= 0.3 is 0 Å². The average Bonchev–Trinajstić information content (AvgIpc) is 3.09. The van der Waals surface area contributed by atoms with Crippen molar-refractivity contribution in [2.24, 2.45) is 17.8 Å². The quantitative estimate of drug-likeness (QED) is 0.871. The minimum Gasteiger partial charge on any atom is -0.373 e. The number of hydrogen-bond acceptors (Lipinski definition) is 4. The topological polar surface area (TPSA) is 41.1 Å². The molecule has 3 rings (SSSR count). The van der Waals surface area contributed by atoms with E-state index in [0.717, 1.165) is 54.6 Å². The zero-order valence-corrected chi connectivity index (χ0v) is 13.6. The van der Waals surface area contributed by atoms with Crippen molar-refractivity contribution in [3.8, 4) is 0 Å². The van der Waals surface area contributed by atoms with E-state index >= 15 is 0 Å². The van der Waals surface area contributed by atoms with Crippen molar-refractivity contribution in [2.45, 2.75) is 45.4 Å². The van der Waals surface area contributed by atoms with Crippen LogP contribution in [0.25, 0.3) is 0 Å². The molecule has 2 aliphatic rings. The highest BCUT2D eigenvalue weighted by atomic mass is 15.2. The summed E-state index contributed by atoms with van der Waals surface area (Å²) in [5.41, 5.74) is 0. The number of nitrogens with zero attached hydrogens (tertiary/aromatic N) is 3. The van der Waals surface area contributed by atoms with Gasteiger partial charge in [-0.1, -0.05) is 13.3 Å². The van der Waals surface area contributed by atoms with Crippen LogP contribution in [0.4, 0.5) is 11.6 Å². The first-order valence-corrected chi connectivity index (χ1v) is 8.46. The van der Waals surface area contributed by atoms with Crippen LogP contribution in [0.1, 0.15) is 44.9 Å². The molecule has 4 heteroatoms. The van der Waals surface area contributed by atoms with Crippen LogP contribution in [-0.2, 0) is 6.42 Å². The summed E-state index contributed by atoms with van der Waals surface area (Å²) in [5.74, 6) is 5.82. The molecular formula is C17H28N4. The number of rotatable bonds is 6. The van der Waals surface area contributed by atoms with Crippen LogP contribution in [-0.4, -0.2) is 30.6 Å². The molecule has 0 amide bonds. The van der Waals surface area contributed by atoms with Crippen molar-refractivity contribution >= 4 is 11.6 Å². The molecule has 21 heavy (non-hydrogen) atoms. The molecule has 1 N–H and O–H groups in total. The maximum Gasteiger partial charge on any atom is 0.134 e. The Hall–Kier alpha value is -1.32. The molecule has 4 nitrogen and oxygen atoms in total. The third-order valence-electron chi connectivity index (χ3n) is 5.27. The minimum atomic E-state index is 0.872. The van der Waals surface area contributed by atoms with E-state index in [1.54, 1.807) is 0 Å². The van der Waals surface area contributed by atoms with Gasteiger partial charge < -0.3 is 10.2 Å². The lowest BCUT2D eigenvalue weighted by atomic mass is 9.88. The Morgan fingerprint density at radius 3 is 2.76 bits per heavy atom. The molecule has 3 unspecified atom stereocenters. The summed E-state index contributed by atoms with van der Waals surface area (Å²) in [6.07, 6.45) is 7.87. The summed E-state index contributed by atoms with van der Waals surface area (Å²) in [6.45, 7) is 3.32. The van der Waals surface area contributed by atoms with Crippen molar-refractivity contribution in [2.75, 3.05) is 30.9 Å². The van der Waals surface area contributed by atoms with Crippen molar-refractivity contribution < 1.29 is 0 Å². The predicted molar refractivity (Wildman–Crippen MR) is 87.8 cm³/mol. The molecular weight excluding hydrogens is 260 g/mol. The molecule has 2 bridgehead atoms. The predicted octanol–water partition coefficient (Wildman–Crippen LogP) is 3.34. The second kappa shape index (κ2) is 6.20. The Kier molecular flexibility index (Phi) is 4.32. The standard InChI is InChI=1S/C17H28N4/c1-4-5-15-19-16(18-2)10-17(20-15)21(3)11-14-9-12-6-7-13(14)8-12/h10,12-14H,4-9,11H2,1-3H3,(H,18,19,20). The van der Waals surface area contributed by atoms with Crippen LogP contribution in [0.5, 0.6) is 0 Å². The van der Waals surface area contributed by atoms with E-state index in [9.17, 15) is 0 Å². The van der Waals surface area contributed by atoms with Crippen LogP contribution >= 0.6 is 0 Å². The normalized spacial score (nSPS) is 27.1. The summed E-state index contributed by atoms with van der Waals surface area (Å²) in [7, 11) is 4.11. The zero-order valence-electron chi connectivity index (χ0n) is 13.6. The number of aryl methyl sites for hydroxylation is 1. The van der Waals surface area contributed by atoms with Crippen LogP contribution in [0.3, 0.4) is 0 Å². The first-order valence-electron chi connectivity index (χ1n) is 8.46. The highest BCUT2D eigenvalue weighted by Gasteiger charge is 2.39. The smallest absolute Gasteiger partial charge is 0.134 e. The first-order chi connectivity index (χ1) is 10.2. The van der Waals surface area contributed by atoms with Crippen molar-refractivity contribution in [1.82, 2.24) is 9.97 Å². The molecule has 3 atom stereocenters. The van der Waals surface area contributed by atoms with Gasteiger partial charge in [-0.25, -0.2) is 9.97 Å². The second-order valence-corrected chi connectivity index (χ2v) is 6.84. The van der Waals surface area contributed by atoms with E-state index in [2.05, 4.69) is 35.2 Å². The molecule has 116 valence electrons. The molecule has 1 aromatic heterocycles. The van der Waals surface area contributed by atoms with E-state index in [1.165, 1.54) is 25.7 Å². The van der Waals surface area contributed by atoms with Gasteiger partial charge in [0.2, 0.25) is 0 Å². The lowest BCUT2D eigenvalue weighted by Gasteiger charge is -2.28. The first kappa shape index (κ1) is 14.6. The molecule has 0 aliphatic heterocycles. The van der Waals surface area contributed by atoms with E-state index in [4.69, 9.17) is 4.98 Å². The van der Waals surface area contributed by atoms with Crippen molar-refractivity contribution in [1.29, 1.82) is 0 Å². The Labute approximate surface area is 128 Å². The third kappa shape index (κ3) is 3.14. The second-order valence-electron chi connectivity index (χ2n) is 6.84. The lowest BCUT2D eigenvalue weighted by Crippen LogP contribution is -2.29. The van der Waals surface area contributed by atoms with Crippen LogP contribution in [0, 0.1) is 17.8 Å². The van der Waals surface area contributed by atoms with Gasteiger partial charge in [0.25, 0.3) is 0 Å². The van der Waals surface area contributed by atoms with Crippen molar-refractivity contribution in [3.05, 3.63) is 11.9 Å². The Morgan fingerprint density at radius 1 is 1.29 bits per heavy atom. The molecule has 0 radical (unpaired) electrons. The van der Waals surface area contributed by atoms with Gasteiger partial charge in [-0.15, -0.1) is 0 Å². The Bertz CT molecular complexity index is 488. The fraction of sp³-hybridized carbons (Fsp3) is 0.765. The molecule has 0 aromatic carbocycles.